The van der Waals surface area contributed by atoms with Gasteiger partial charge in [-0.15, -0.1) is 0 Å². The van der Waals surface area contributed by atoms with Gasteiger partial charge in [-0.25, -0.2) is 8.42 Å². The molecular weight excluding hydrogens is 304 g/mol. The summed E-state index contributed by atoms with van der Waals surface area (Å²) >= 11 is 4.91. The molecule has 2 rings (SSSR count). The molecule has 2 N–H and O–H groups in total. The highest BCUT2D eigenvalue weighted by Crippen LogP contribution is 2.19. The number of sulfonamides is 1. The van der Waals surface area contributed by atoms with Gasteiger partial charge in [-0.05, 0) is 23.8 Å². The standard InChI is InChI=1S/C15H16N2O2S2/c1-17(14-8-3-2-4-9-14)21(18,19)11-12-6-5-7-13(10-12)15(16)20/h2-10H,11H2,1H3,(H2,16,20). The van der Waals surface area contributed by atoms with Gasteiger partial charge in [-0.2, -0.15) is 0 Å². The summed E-state index contributed by atoms with van der Waals surface area (Å²) in [5, 5.41) is 0. The van der Waals surface area contributed by atoms with Crippen molar-refractivity contribution < 1.29 is 8.42 Å². The SMILES string of the molecule is CN(c1ccccc1)S(=O)(=O)Cc1cccc(C(N)=S)c1. The van der Waals surface area contributed by atoms with Crippen molar-refractivity contribution in [2.75, 3.05) is 11.4 Å². The van der Waals surface area contributed by atoms with Crippen molar-refractivity contribution in [3.05, 3.63) is 65.7 Å². The molecule has 0 heterocycles. The Morgan fingerprint density at radius 3 is 2.43 bits per heavy atom. The van der Waals surface area contributed by atoms with E-state index in [0.29, 0.717) is 16.8 Å². The van der Waals surface area contributed by atoms with Crippen LogP contribution in [-0.4, -0.2) is 20.5 Å². The summed E-state index contributed by atoms with van der Waals surface area (Å²) < 4.78 is 26.2. The molecule has 0 aromatic heterocycles. The lowest BCUT2D eigenvalue weighted by atomic mass is 10.1. The van der Waals surface area contributed by atoms with Crippen LogP contribution in [0.25, 0.3) is 0 Å². The van der Waals surface area contributed by atoms with Crippen LogP contribution in [0.5, 0.6) is 0 Å². The van der Waals surface area contributed by atoms with Crippen LogP contribution in [0.2, 0.25) is 0 Å². The van der Waals surface area contributed by atoms with Gasteiger partial charge in [0.25, 0.3) is 0 Å². The normalized spacial score (nSPS) is 11.1. The first-order valence-electron chi connectivity index (χ1n) is 6.30. The van der Waals surface area contributed by atoms with E-state index < -0.39 is 10.0 Å². The minimum absolute atomic E-state index is 0.102. The third kappa shape index (κ3) is 3.80. The van der Waals surface area contributed by atoms with Crippen LogP contribution in [0, 0.1) is 0 Å². The maximum Gasteiger partial charge on any atom is 0.239 e. The highest BCUT2D eigenvalue weighted by atomic mass is 32.2. The maximum atomic E-state index is 12.4. The average Bonchev–Trinajstić information content (AvgIpc) is 2.47. The average molecular weight is 320 g/mol. The summed E-state index contributed by atoms with van der Waals surface area (Å²) in [4.78, 5) is 0.255. The molecule has 0 aliphatic rings. The van der Waals surface area contributed by atoms with Gasteiger partial charge >= 0.3 is 0 Å². The van der Waals surface area contributed by atoms with E-state index in [1.165, 1.54) is 4.31 Å². The van der Waals surface area contributed by atoms with Crippen molar-refractivity contribution in [2.45, 2.75) is 5.75 Å². The molecular formula is C15H16N2O2S2. The van der Waals surface area contributed by atoms with Crippen LogP contribution in [0.4, 0.5) is 5.69 Å². The van der Waals surface area contributed by atoms with Gasteiger partial charge in [0, 0.05) is 12.6 Å². The molecule has 2 aromatic carbocycles. The minimum atomic E-state index is -3.46. The molecule has 4 nitrogen and oxygen atoms in total. The zero-order chi connectivity index (χ0) is 15.5. The number of anilines is 1. The Morgan fingerprint density at radius 1 is 1.14 bits per heavy atom. The Morgan fingerprint density at radius 2 is 1.81 bits per heavy atom. The highest BCUT2D eigenvalue weighted by molar-refractivity contribution is 7.92. The minimum Gasteiger partial charge on any atom is -0.389 e. The van der Waals surface area contributed by atoms with Crippen LogP contribution < -0.4 is 10.0 Å². The van der Waals surface area contributed by atoms with Gasteiger partial charge in [0.05, 0.1) is 11.4 Å². The van der Waals surface area contributed by atoms with Crippen molar-refractivity contribution in [1.82, 2.24) is 0 Å². The van der Waals surface area contributed by atoms with Crippen molar-refractivity contribution in [1.29, 1.82) is 0 Å². The fourth-order valence-corrected chi connectivity index (χ4v) is 3.28. The predicted molar refractivity (Wildman–Crippen MR) is 89.8 cm³/mol. The molecule has 21 heavy (non-hydrogen) atoms. The van der Waals surface area contributed by atoms with Gasteiger partial charge in [0.2, 0.25) is 10.0 Å². The lowest BCUT2D eigenvalue weighted by Crippen LogP contribution is -2.27. The Kier molecular flexibility index (Phi) is 4.59. The first kappa shape index (κ1) is 15.5. The smallest absolute Gasteiger partial charge is 0.239 e. The summed E-state index contributed by atoms with van der Waals surface area (Å²) in [6.45, 7) is 0. The Hall–Kier alpha value is -1.92. The van der Waals surface area contributed by atoms with Crippen molar-refractivity contribution in [3.8, 4) is 0 Å². The number of nitrogens with two attached hydrogens (primary N) is 1. The van der Waals surface area contributed by atoms with Gasteiger partial charge in [0.15, 0.2) is 0 Å². The van der Waals surface area contributed by atoms with Crippen molar-refractivity contribution in [3.63, 3.8) is 0 Å². The summed E-state index contributed by atoms with van der Waals surface area (Å²) in [6, 6.07) is 15.9. The molecule has 0 atom stereocenters. The summed E-state index contributed by atoms with van der Waals surface area (Å²) in [6.07, 6.45) is 0. The van der Waals surface area contributed by atoms with Crippen LogP contribution in [-0.2, 0) is 15.8 Å². The summed E-state index contributed by atoms with van der Waals surface area (Å²) in [5.74, 6) is -0.102. The van der Waals surface area contributed by atoms with E-state index in [2.05, 4.69) is 0 Å². The van der Waals surface area contributed by atoms with E-state index in [1.807, 2.05) is 6.07 Å². The third-order valence-corrected chi connectivity index (χ3v) is 5.08. The maximum absolute atomic E-state index is 12.4. The number of rotatable bonds is 5. The monoisotopic (exact) mass is 320 g/mol. The molecule has 0 bridgehead atoms. The molecule has 0 fully saturated rings. The van der Waals surface area contributed by atoms with Gasteiger partial charge in [-0.3, -0.25) is 4.31 Å². The molecule has 0 spiro atoms. The second-order valence-electron chi connectivity index (χ2n) is 4.62. The number of hydrogen-bond donors (Lipinski definition) is 1. The van der Waals surface area contributed by atoms with Gasteiger partial charge < -0.3 is 5.73 Å². The molecule has 110 valence electrons. The first-order valence-corrected chi connectivity index (χ1v) is 8.32. The second-order valence-corrected chi connectivity index (χ2v) is 7.06. The van der Waals surface area contributed by atoms with Crippen LogP contribution in [0.3, 0.4) is 0 Å². The topological polar surface area (TPSA) is 63.4 Å². The lowest BCUT2D eigenvalue weighted by Gasteiger charge is -2.19. The number of para-hydroxylation sites is 1. The Balaban J connectivity index is 2.25. The molecule has 0 aliphatic carbocycles. The molecule has 0 saturated carbocycles. The van der Waals surface area contributed by atoms with Crippen molar-refractivity contribution >= 4 is 32.9 Å². The third-order valence-electron chi connectivity index (χ3n) is 3.10. The fraction of sp³-hybridized carbons (Fsp3) is 0.133. The largest absolute Gasteiger partial charge is 0.389 e. The molecule has 0 radical (unpaired) electrons. The Bertz CT molecular complexity index is 743. The molecule has 0 amide bonds. The number of hydrogen-bond acceptors (Lipinski definition) is 3. The number of benzene rings is 2. The van der Waals surface area contributed by atoms with Crippen LogP contribution in [0.1, 0.15) is 11.1 Å². The Labute approximate surface area is 130 Å². The van der Waals surface area contributed by atoms with Crippen molar-refractivity contribution in [2.24, 2.45) is 5.73 Å². The predicted octanol–water partition coefficient (Wildman–Crippen LogP) is 2.29. The van der Waals surface area contributed by atoms with E-state index >= 15 is 0 Å². The zero-order valence-corrected chi connectivity index (χ0v) is 13.2. The van der Waals surface area contributed by atoms with E-state index in [4.69, 9.17) is 18.0 Å². The number of nitrogens with zero attached hydrogens (tertiary/aromatic N) is 1. The van der Waals surface area contributed by atoms with E-state index in [9.17, 15) is 8.42 Å². The molecule has 0 aliphatic heterocycles. The zero-order valence-electron chi connectivity index (χ0n) is 11.6. The molecule has 0 saturated heterocycles. The van der Waals surface area contributed by atoms with E-state index in [1.54, 1.807) is 55.6 Å². The quantitative estimate of drug-likeness (QED) is 0.859. The fourth-order valence-electron chi connectivity index (χ4n) is 1.92. The van der Waals surface area contributed by atoms with Gasteiger partial charge in [-0.1, -0.05) is 48.6 Å². The van der Waals surface area contributed by atoms with E-state index in [-0.39, 0.29) is 10.7 Å². The number of thiocarbonyl (C=S) groups is 1. The van der Waals surface area contributed by atoms with Crippen LogP contribution >= 0.6 is 12.2 Å². The van der Waals surface area contributed by atoms with Gasteiger partial charge in [0.1, 0.15) is 4.99 Å². The molecule has 2 aromatic rings. The summed E-state index contributed by atoms with van der Waals surface area (Å²) in [7, 11) is -1.92. The second kappa shape index (κ2) is 6.24. The molecule has 6 heteroatoms. The lowest BCUT2D eigenvalue weighted by molar-refractivity contribution is 0.593. The van der Waals surface area contributed by atoms with E-state index in [0.717, 1.165) is 0 Å². The highest BCUT2D eigenvalue weighted by Gasteiger charge is 2.19. The summed E-state index contributed by atoms with van der Waals surface area (Å²) in [5.41, 5.74) is 7.52. The molecule has 0 unspecified atom stereocenters. The van der Waals surface area contributed by atoms with Crippen LogP contribution in [0.15, 0.2) is 54.6 Å². The first-order chi connectivity index (χ1) is 9.90.